The number of aliphatic hydroxyl groups excluding tert-OH is 1. The molecule has 25 heavy (non-hydrogen) atoms. The number of aliphatic hydroxyl groups is 1. The van der Waals surface area contributed by atoms with Crippen molar-refractivity contribution in [1.82, 2.24) is 15.5 Å². The molecule has 0 spiro atoms. The van der Waals surface area contributed by atoms with Crippen LogP contribution in [0.25, 0.3) is 0 Å². The lowest BCUT2D eigenvalue weighted by molar-refractivity contribution is 0.0792. The minimum atomic E-state index is -0.103. The minimum Gasteiger partial charge on any atom is -0.393 e. The van der Waals surface area contributed by atoms with Gasteiger partial charge in [-0.25, -0.2) is 0 Å². The van der Waals surface area contributed by atoms with Crippen molar-refractivity contribution in [3.05, 3.63) is 35.4 Å². The van der Waals surface area contributed by atoms with Crippen molar-refractivity contribution in [2.75, 3.05) is 26.7 Å². The lowest BCUT2D eigenvalue weighted by Gasteiger charge is -2.29. The fourth-order valence-electron chi connectivity index (χ4n) is 2.98. The van der Waals surface area contributed by atoms with Crippen LogP contribution in [0.4, 0.5) is 0 Å². The highest BCUT2D eigenvalue weighted by molar-refractivity contribution is 5.79. The van der Waals surface area contributed by atoms with Crippen LogP contribution in [0.5, 0.6) is 0 Å². The summed E-state index contributed by atoms with van der Waals surface area (Å²) in [5, 5.41) is 16.3. The third-order valence-electron chi connectivity index (χ3n) is 4.68. The molecule has 0 amide bonds. The molecule has 1 aromatic rings. The van der Waals surface area contributed by atoms with E-state index in [-0.39, 0.29) is 6.10 Å². The Balaban J connectivity index is 1.74. The molecule has 1 aliphatic heterocycles. The molecule has 0 aromatic heterocycles. The van der Waals surface area contributed by atoms with Crippen LogP contribution in [0.2, 0.25) is 0 Å². The first-order chi connectivity index (χ1) is 12.1. The number of nitrogens with zero attached hydrogens (tertiary/aromatic N) is 2. The van der Waals surface area contributed by atoms with Gasteiger partial charge in [-0.05, 0) is 36.3 Å². The summed E-state index contributed by atoms with van der Waals surface area (Å²) < 4.78 is 0. The molecule has 0 radical (unpaired) electrons. The first-order valence-electron chi connectivity index (χ1n) is 9.49. The second kappa shape index (κ2) is 10.4. The van der Waals surface area contributed by atoms with Crippen molar-refractivity contribution in [3.8, 4) is 0 Å². The molecule has 0 aliphatic carbocycles. The summed E-state index contributed by atoms with van der Waals surface area (Å²) >= 11 is 0. The highest BCUT2D eigenvalue weighted by atomic mass is 16.3. The van der Waals surface area contributed by atoms with Crippen molar-refractivity contribution < 1.29 is 5.11 Å². The van der Waals surface area contributed by atoms with E-state index in [4.69, 9.17) is 0 Å². The van der Waals surface area contributed by atoms with Gasteiger partial charge in [-0.1, -0.05) is 38.1 Å². The predicted octanol–water partition coefficient (Wildman–Crippen LogP) is 2.35. The number of benzene rings is 1. The van der Waals surface area contributed by atoms with E-state index in [0.717, 1.165) is 57.9 Å². The Morgan fingerprint density at radius 3 is 2.40 bits per heavy atom. The van der Waals surface area contributed by atoms with Crippen LogP contribution in [0.15, 0.2) is 29.3 Å². The third-order valence-corrected chi connectivity index (χ3v) is 4.68. The van der Waals surface area contributed by atoms with Crippen LogP contribution in [-0.2, 0) is 13.1 Å². The van der Waals surface area contributed by atoms with Gasteiger partial charge in [-0.2, -0.15) is 0 Å². The normalized spacial score (nSPS) is 17.1. The molecule has 5 nitrogen and oxygen atoms in total. The van der Waals surface area contributed by atoms with Crippen LogP contribution in [0.1, 0.15) is 44.2 Å². The summed E-state index contributed by atoms with van der Waals surface area (Å²) in [5.74, 6) is 1.55. The maximum atomic E-state index is 9.59. The maximum Gasteiger partial charge on any atom is 0.191 e. The van der Waals surface area contributed by atoms with E-state index < -0.39 is 0 Å². The number of hydrogen-bond donors (Lipinski definition) is 3. The van der Waals surface area contributed by atoms with Crippen LogP contribution < -0.4 is 10.6 Å². The van der Waals surface area contributed by atoms with E-state index >= 15 is 0 Å². The van der Waals surface area contributed by atoms with Gasteiger partial charge in [0.15, 0.2) is 5.96 Å². The first-order valence-corrected chi connectivity index (χ1v) is 9.49. The largest absolute Gasteiger partial charge is 0.393 e. The van der Waals surface area contributed by atoms with Crippen molar-refractivity contribution in [3.63, 3.8) is 0 Å². The maximum absolute atomic E-state index is 9.59. The third kappa shape index (κ3) is 7.45. The Kier molecular flexibility index (Phi) is 8.22. The smallest absolute Gasteiger partial charge is 0.191 e. The van der Waals surface area contributed by atoms with Crippen LogP contribution in [0.3, 0.4) is 0 Å². The predicted molar refractivity (Wildman–Crippen MR) is 105 cm³/mol. The number of aliphatic imine (C=N–C) groups is 1. The van der Waals surface area contributed by atoms with Gasteiger partial charge in [-0.15, -0.1) is 0 Å². The molecule has 1 saturated heterocycles. The molecule has 2 rings (SSSR count). The zero-order valence-electron chi connectivity index (χ0n) is 16.0. The number of nitrogens with one attached hydrogen (secondary N) is 2. The number of rotatable bonds is 7. The van der Waals surface area contributed by atoms with E-state index in [1.54, 1.807) is 0 Å². The summed E-state index contributed by atoms with van der Waals surface area (Å²) in [6.45, 7) is 9.12. The number of guanidine groups is 1. The average molecular weight is 347 g/mol. The topological polar surface area (TPSA) is 59.9 Å². The van der Waals surface area contributed by atoms with Gasteiger partial charge < -0.3 is 15.7 Å². The summed E-state index contributed by atoms with van der Waals surface area (Å²) in [6.07, 6.45) is 2.83. The minimum absolute atomic E-state index is 0.103. The number of likely N-dealkylation sites (tertiary alicyclic amines) is 1. The quantitative estimate of drug-likeness (QED) is 0.524. The number of hydrogen-bond acceptors (Lipinski definition) is 3. The Morgan fingerprint density at radius 1 is 1.16 bits per heavy atom. The van der Waals surface area contributed by atoms with Gasteiger partial charge in [-0.3, -0.25) is 9.89 Å². The molecule has 0 saturated carbocycles. The average Bonchev–Trinajstić information content (AvgIpc) is 2.61. The second-order valence-electron chi connectivity index (χ2n) is 7.36. The Labute approximate surface area is 152 Å². The molecular formula is C20H34N4O. The van der Waals surface area contributed by atoms with E-state index in [1.165, 1.54) is 11.1 Å². The molecule has 5 heteroatoms. The highest BCUT2D eigenvalue weighted by Gasteiger charge is 2.16. The standard InChI is InChI=1S/C20H34N4O/c1-16(2)8-11-22-20(21-3)23-14-17-4-6-18(7-5-17)15-24-12-9-19(25)10-13-24/h4-7,16,19,25H,8-15H2,1-3H3,(H2,21,22,23). The monoisotopic (exact) mass is 346 g/mol. The van der Waals surface area contributed by atoms with E-state index in [0.29, 0.717) is 5.92 Å². The van der Waals surface area contributed by atoms with Gasteiger partial charge in [0.1, 0.15) is 0 Å². The Hall–Kier alpha value is -1.59. The van der Waals surface area contributed by atoms with Gasteiger partial charge in [0.25, 0.3) is 0 Å². The van der Waals surface area contributed by atoms with E-state index in [9.17, 15) is 5.11 Å². The zero-order chi connectivity index (χ0) is 18.1. The fraction of sp³-hybridized carbons (Fsp3) is 0.650. The summed E-state index contributed by atoms with van der Waals surface area (Å²) in [6, 6.07) is 8.78. The molecule has 0 unspecified atom stereocenters. The van der Waals surface area contributed by atoms with Crippen molar-refractivity contribution in [2.24, 2.45) is 10.9 Å². The number of piperidine rings is 1. The lowest BCUT2D eigenvalue weighted by Crippen LogP contribution is -2.37. The van der Waals surface area contributed by atoms with Crippen LogP contribution in [-0.4, -0.2) is 48.8 Å². The molecule has 1 heterocycles. The van der Waals surface area contributed by atoms with Crippen molar-refractivity contribution in [1.29, 1.82) is 0 Å². The summed E-state index contributed by atoms with van der Waals surface area (Å²) in [5.41, 5.74) is 2.59. The Morgan fingerprint density at radius 2 is 1.80 bits per heavy atom. The van der Waals surface area contributed by atoms with Crippen molar-refractivity contribution in [2.45, 2.75) is 52.3 Å². The molecule has 1 aliphatic rings. The molecule has 0 atom stereocenters. The van der Waals surface area contributed by atoms with Crippen LogP contribution in [0, 0.1) is 5.92 Å². The van der Waals surface area contributed by atoms with Gasteiger partial charge >= 0.3 is 0 Å². The second-order valence-corrected chi connectivity index (χ2v) is 7.36. The van der Waals surface area contributed by atoms with Gasteiger partial charge in [0.2, 0.25) is 0 Å². The highest BCUT2D eigenvalue weighted by Crippen LogP contribution is 2.14. The molecule has 1 fully saturated rings. The van der Waals surface area contributed by atoms with Crippen LogP contribution >= 0.6 is 0 Å². The summed E-state index contributed by atoms with van der Waals surface area (Å²) in [7, 11) is 1.81. The zero-order valence-corrected chi connectivity index (χ0v) is 16.0. The summed E-state index contributed by atoms with van der Waals surface area (Å²) in [4.78, 5) is 6.69. The van der Waals surface area contributed by atoms with E-state index in [1.807, 2.05) is 7.05 Å². The molecule has 140 valence electrons. The first kappa shape index (κ1) is 19.7. The molecular weight excluding hydrogens is 312 g/mol. The molecule has 1 aromatic carbocycles. The van der Waals surface area contributed by atoms with Crippen molar-refractivity contribution >= 4 is 5.96 Å². The SMILES string of the molecule is CN=C(NCCC(C)C)NCc1ccc(CN2CCC(O)CC2)cc1. The lowest BCUT2D eigenvalue weighted by atomic mass is 10.1. The molecule has 0 bridgehead atoms. The fourth-order valence-corrected chi connectivity index (χ4v) is 2.98. The van der Waals surface area contributed by atoms with Gasteiger partial charge in [0.05, 0.1) is 6.10 Å². The Bertz CT molecular complexity index is 519. The van der Waals surface area contributed by atoms with E-state index in [2.05, 4.69) is 58.6 Å². The van der Waals surface area contributed by atoms with Gasteiger partial charge in [0, 0.05) is 39.8 Å². The molecule has 3 N–H and O–H groups in total.